The second-order valence-electron chi connectivity index (χ2n) is 1.60. The van der Waals surface area contributed by atoms with Gasteiger partial charge in [0.15, 0.2) is 0 Å². The van der Waals surface area contributed by atoms with E-state index in [1.165, 1.54) is 0 Å². The zero-order chi connectivity index (χ0) is 9.28. The number of carbonyl (C=O) groups is 2. The molecule has 6 nitrogen and oxygen atoms in total. The van der Waals surface area contributed by atoms with Crippen molar-refractivity contribution < 1.29 is 59.9 Å². The average molecular weight is 204 g/mol. The fourth-order valence-corrected chi connectivity index (χ4v) is 0.214. The Labute approximate surface area is 98.2 Å². The van der Waals surface area contributed by atoms with E-state index in [0.29, 0.717) is 0 Å². The van der Waals surface area contributed by atoms with Gasteiger partial charge in [-0.05, 0) is 6.92 Å². The minimum Gasteiger partial charge on any atom is -0.870 e. The summed E-state index contributed by atoms with van der Waals surface area (Å²) in [4.78, 5) is 19.3. The Morgan fingerprint density at radius 3 is 1.31 bits per heavy atom. The molecule has 0 aromatic heterocycles. The number of hydrogen-bond donors (Lipinski definition) is 3. The quantitative estimate of drug-likeness (QED) is 0.415. The molecule has 7 heteroatoms. The van der Waals surface area contributed by atoms with Crippen LogP contribution in [0.3, 0.4) is 0 Å². The van der Waals surface area contributed by atoms with E-state index in [1.807, 2.05) is 0 Å². The first-order valence-electron chi connectivity index (χ1n) is 3.09. The first kappa shape index (κ1) is 23.0. The summed E-state index contributed by atoms with van der Waals surface area (Å²) in [7, 11) is 0. The van der Waals surface area contributed by atoms with E-state index in [0.717, 1.165) is 0 Å². The van der Waals surface area contributed by atoms with Crippen LogP contribution >= 0.6 is 0 Å². The predicted molar refractivity (Wildman–Crippen MR) is 39.2 cm³/mol. The minimum atomic E-state index is -1.08. The van der Waals surface area contributed by atoms with Crippen molar-refractivity contribution in [3.63, 3.8) is 0 Å². The normalized spacial score (nSPS) is 6.62. The maximum absolute atomic E-state index is 9.64. The van der Waals surface area contributed by atoms with Gasteiger partial charge in [-0.3, -0.25) is 9.59 Å². The summed E-state index contributed by atoms with van der Waals surface area (Å²) in [6.45, 7) is 1.93. The number of aliphatic hydroxyl groups excluding tert-OH is 1. The fraction of sp³-hybridized carbons (Fsp3) is 0.667. The van der Waals surface area contributed by atoms with Crippen LogP contribution in [0.2, 0.25) is 0 Å². The molecule has 0 aliphatic carbocycles. The molecule has 0 saturated carbocycles. The molecule has 0 aliphatic rings. The van der Waals surface area contributed by atoms with Crippen molar-refractivity contribution in [2.45, 2.75) is 19.8 Å². The summed E-state index contributed by atoms with van der Waals surface area (Å²) in [6.07, 6.45) is -0.593. The van der Waals surface area contributed by atoms with Crippen molar-refractivity contribution in [2.75, 3.05) is 6.61 Å². The molecular formula is C6H13NaO6. The third-order valence-corrected chi connectivity index (χ3v) is 0.553. The monoisotopic (exact) mass is 204 g/mol. The topological polar surface area (TPSA) is 125 Å². The molecule has 0 aromatic carbocycles. The Morgan fingerprint density at radius 1 is 1.08 bits per heavy atom. The van der Waals surface area contributed by atoms with Crippen molar-refractivity contribution >= 4 is 11.9 Å². The van der Waals surface area contributed by atoms with Gasteiger partial charge in [-0.25, -0.2) is 0 Å². The Kier molecular flexibility index (Phi) is 31.6. The van der Waals surface area contributed by atoms with Crippen molar-refractivity contribution in [2.24, 2.45) is 0 Å². The summed E-state index contributed by atoms with van der Waals surface area (Å²) >= 11 is 0. The van der Waals surface area contributed by atoms with Crippen LogP contribution in [0.5, 0.6) is 0 Å². The molecule has 4 N–H and O–H groups in total. The van der Waals surface area contributed by atoms with Gasteiger partial charge in [0.25, 0.3) is 0 Å². The number of carboxylic acids is 2. The zero-order valence-electron chi connectivity index (χ0n) is 7.73. The van der Waals surface area contributed by atoms with Gasteiger partial charge >= 0.3 is 41.5 Å². The van der Waals surface area contributed by atoms with Crippen molar-refractivity contribution in [1.82, 2.24) is 0 Å². The molecule has 0 spiro atoms. The molecule has 0 bridgehead atoms. The second kappa shape index (κ2) is 17.8. The SMILES string of the molecule is CCO.O=C(O)CCC(=O)O.[Na+].[OH-]. The van der Waals surface area contributed by atoms with Crippen molar-refractivity contribution in [3.05, 3.63) is 0 Å². The van der Waals surface area contributed by atoms with E-state index < -0.39 is 11.9 Å². The van der Waals surface area contributed by atoms with Crippen LogP contribution < -0.4 is 29.6 Å². The molecule has 0 unspecified atom stereocenters. The molecule has 0 aliphatic heterocycles. The van der Waals surface area contributed by atoms with Gasteiger partial charge in [0.2, 0.25) is 0 Å². The molecule has 74 valence electrons. The van der Waals surface area contributed by atoms with Crippen LogP contribution in [0.1, 0.15) is 19.8 Å². The maximum Gasteiger partial charge on any atom is 1.00 e. The van der Waals surface area contributed by atoms with E-state index in [1.54, 1.807) is 6.92 Å². The van der Waals surface area contributed by atoms with Crippen LogP contribution in [0.25, 0.3) is 0 Å². The summed E-state index contributed by atoms with van der Waals surface area (Å²) in [5, 5.41) is 23.4. The third kappa shape index (κ3) is 48.8. The van der Waals surface area contributed by atoms with E-state index in [9.17, 15) is 9.59 Å². The molecule has 13 heavy (non-hydrogen) atoms. The van der Waals surface area contributed by atoms with Gasteiger partial charge in [-0.1, -0.05) is 0 Å². The van der Waals surface area contributed by atoms with Gasteiger partial charge in [-0.2, -0.15) is 0 Å². The molecule has 0 amide bonds. The Hall–Kier alpha value is -0.140. The zero-order valence-corrected chi connectivity index (χ0v) is 9.73. The van der Waals surface area contributed by atoms with Crippen LogP contribution in [0, 0.1) is 0 Å². The molecule has 0 fully saturated rings. The standard InChI is InChI=1S/C4H6O4.C2H6O.Na.H2O/c5-3(6)1-2-4(7)8;1-2-3;;/h1-2H2,(H,5,6)(H,7,8);3H,2H2,1H3;;1H2/q;;+1;/p-1. The maximum atomic E-state index is 9.64. The Morgan fingerprint density at radius 2 is 1.23 bits per heavy atom. The van der Waals surface area contributed by atoms with E-state index in [-0.39, 0.29) is 54.5 Å². The molecule has 0 atom stereocenters. The summed E-state index contributed by atoms with van der Waals surface area (Å²) in [6, 6.07) is 0. The Bertz CT molecular complexity index is 112. The van der Waals surface area contributed by atoms with Crippen LogP contribution in [-0.2, 0) is 9.59 Å². The summed E-state index contributed by atoms with van der Waals surface area (Å²) < 4.78 is 0. The van der Waals surface area contributed by atoms with Crippen molar-refractivity contribution in [1.29, 1.82) is 0 Å². The van der Waals surface area contributed by atoms with Gasteiger partial charge in [-0.15, -0.1) is 0 Å². The van der Waals surface area contributed by atoms with E-state index in [2.05, 4.69) is 0 Å². The van der Waals surface area contributed by atoms with E-state index >= 15 is 0 Å². The molecular weight excluding hydrogens is 191 g/mol. The number of rotatable bonds is 3. The van der Waals surface area contributed by atoms with Crippen LogP contribution in [0.15, 0.2) is 0 Å². The average Bonchev–Trinajstić information content (AvgIpc) is 1.85. The minimum absolute atomic E-state index is 0. The van der Waals surface area contributed by atoms with Gasteiger partial charge < -0.3 is 20.8 Å². The molecule has 0 saturated heterocycles. The number of aliphatic carboxylic acids is 2. The second-order valence-corrected chi connectivity index (χ2v) is 1.60. The molecule has 0 rings (SSSR count). The molecule has 0 aromatic rings. The third-order valence-electron chi connectivity index (χ3n) is 0.553. The first-order chi connectivity index (χ1) is 5.04. The van der Waals surface area contributed by atoms with Crippen LogP contribution in [-0.4, -0.2) is 39.3 Å². The fourth-order valence-electron chi connectivity index (χ4n) is 0.214. The van der Waals surface area contributed by atoms with E-state index in [4.69, 9.17) is 15.3 Å². The van der Waals surface area contributed by atoms with Gasteiger partial charge in [0, 0.05) is 6.61 Å². The van der Waals surface area contributed by atoms with Crippen molar-refractivity contribution in [3.8, 4) is 0 Å². The molecule has 0 radical (unpaired) electrons. The number of hydrogen-bond acceptors (Lipinski definition) is 4. The van der Waals surface area contributed by atoms with Crippen LogP contribution in [0.4, 0.5) is 0 Å². The number of carboxylic acid groups (broad SMARTS) is 2. The largest absolute Gasteiger partial charge is 1.00 e. The van der Waals surface area contributed by atoms with Gasteiger partial charge in [0.05, 0.1) is 12.8 Å². The summed E-state index contributed by atoms with van der Waals surface area (Å²) in [5.41, 5.74) is 0. The smallest absolute Gasteiger partial charge is 0.870 e. The predicted octanol–water partition coefficient (Wildman–Crippen LogP) is -3.24. The first-order valence-corrected chi connectivity index (χ1v) is 3.09. The number of aliphatic hydroxyl groups is 1. The summed E-state index contributed by atoms with van der Waals surface area (Å²) in [5.74, 6) is -2.15. The van der Waals surface area contributed by atoms with Gasteiger partial charge in [0.1, 0.15) is 0 Å². The molecule has 0 heterocycles. The Balaban J connectivity index is -0.0000000720.